The molecule has 5 nitrogen and oxygen atoms in total. The van der Waals surface area contributed by atoms with Crippen molar-refractivity contribution >= 4 is 16.8 Å². The van der Waals surface area contributed by atoms with Gasteiger partial charge in [-0.2, -0.15) is 5.10 Å². The van der Waals surface area contributed by atoms with Gasteiger partial charge in [-0.15, -0.1) is 0 Å². The molecule has 0 fully saturated rings. The molecule has 2 atom stereocenters. The van der Waals surface area contributed by atoms with Crippen LogP contribution in [0.2, 0.25) is 0 Å². The molecule has 1 heterocycles. The predicted molar refractivity (Wildman–Crippen MR) is 98.4 cm³/mol. The van der Waals surface area contributed by atoms with Crippen LogP contribution < -0.4 is 10.6 Å². The van der Waals surface area contributed by atoms with Crippen LogP contribution in [0.5, 0.6) is 0 Å². The first-order valence-electron chi connectivity index (χ1n) is 8.76. The lowest BCUT2D eigenvalue weighted by Gasteiger charge is -2.24. The van der Waals surface area contributed by atoms with E-state index in [1.54, 1.807) is 0 Å². The highest BCUT2D eigenvalue weighted by Gasteiger charge is 2.22. The molecule has 2 amide bonds. The molecule has 3 aromatic rings. The smallest absolute Gasteiger partial charge is 0.315 e. The quantitative estimate of drug-likeness (QED) is 0.686. The Morgan fingerprint density at radius 1 is 1.24 bits per heavy atom. The van der Waals surface area contributed by atoms with Crippen LogP contribution in [0.4, 0.5) is 4.79 Å². The fourth-order valence-electron chi connectivity index (χ4n) is 3.52. The standard InChI is InChI=1S/C20H22N4O/c1-13(15-7-6-14-4-2-3-5-16(14)10-15)22-20(25)23-18-9-8-17-12-21-24-19(17)11-18/h2-7,10,12-13,18H,8-9,11H2,1H3,(H,21,24)(H2,22,23,25)/t13-,18-/m1/s1. The van der Waals surface area contributed by atoms with Crippen LogP contribution in [0.15, 0.2) is 48.7 Å². The number of hydrogen-bond acceptors (Lipinski definition) is 2. The second-order valence-corrected chi connectivity index (χ2v) is 6.76. The summed E-state index contributed by atoms with van der Waals surface area (Å²) < 4.78 is 0. The van der Waals surface area contributed by atoms with Gasteiger partial charge in [0.05, 0.1) is 12.2 Å². The Kier molecular flexibility index (Phi) is 4.14. The lowest BCUT2D eigenvalue weighted by atomic mass is 9.94. The summed E-state index contributed by atoms with van der Waals surface area (Å²) in [5.74, 6) is 0. The summed E-state index contributed by atoms with van der Waals surface area (Å²) in [6.45, 7) is 2.01. The summed E-state index contributed by atoms with van der Waals surface area (Å²) >= 11 is 0. The number of carbonyl (C=O) groups excluding carboxylic acids is 1. The average molecular weight is 334 g/mol. The first-order chi connectivity index (χ1) is 12.2. The highest BCUT2D eigenvalue weighted by molar-refractivity contribution is 5.83. The molecule has 3 N–H and O–H groups in total. The molecule has 0 saturated carbocycles. The maximum absolute atomic E-state index is 12.4. The van der Waals surface area contributed by atoms with Gasteiger partial charge in [0.25, 0.3) is 0 Å². The van der Waals surface area contributed by atoms with Crippen molar-refractivity contribution in [2.45, 2.75) is 38.3 Å². The Hall–Kier alpha value is -2.82. The topological polar surface area (TPSA) is 69.8 Å². The number of nitrogens with zero attached hydrogens (tertiary/aromatic N) is 1. The molecule has 128 valence electrons. The molecule has 0 aliphatic heterocycles. The van der Waals surface area contributed by atoms with Gasteiger partial charge in [-0.3, -0.25) is 5.10 Å². The van der Waals surface area contributed by atoms with Crippen molar-refractivity contribution in [2.75, 3.05) is 0 Å². The molecule has 0 spiro atoms. The van der Waals surface area contributed by atoms with E-state index in [4.69, 9.17) is 0 Å². The Morgan fingerprint density at radius 3 is 2.96 bits per heavy atom. The molecule has 0 saturated heterocycles. The maximum atomic E-state index is 12.4. The van der Waals surface area contributed by atoms with Gasteiger partial charge in [0.1, 0.15) is 0 Å². The molecule has 0 radical (unpaired) electrons. The minimum atomic E-state index is -0.117. The number of fused-ring (bicyclic) bond motifs is 2. The minimum Gasteiger partial charge on any atom is -0.335 e. The summed E-state index contributed by atoms with van der Waals surface area (Å²) in [5, 5.41) is 15.6. The summed E-state index contributed by atoms with van der Waals surface area (Å²) in [6, 6.07) is 14.5. The largest absolute Gasteiger partial charge is 0.335 e. The SMILES string of the molecule is C[C@@H](NC(=O)N[C@@H]1CCc2cn[nH]c2C1)c1ccc2ccccc2c1. The van der Waals surface area contributed by atoms with E-state index in [0.717, 1.165) is 30.5 Å². The number of amides is 2. The van der Waals surface area contributed by atoms with Crippen molar-refractivity contribution in [3.05, 3.63) is 65.5 Å². The Bertz CT molecular complexity index is 901. The van der Waals surface area contributed by atoms with Crippen molar-refractivity contribution in [1.29, 1.82) is 0 Å². The number of carbonyl (C=O) groups is 1. The van der Waals surface area contributed by atoms with E-state index in [2.05, 4.69) is 51.2 Å². The van der Waals surface area contributed by atoms with Crippen molar-refractivity contribution in [2.24, 2.45) is 0 Å². The Morgan fingerprint density at radius 2 is 2.08 bits per heavy atom. The van der Waals surface area contributed by atoms with E-state index >= 15 is 0 Å². The number of H-pyrrole nitrogens is 1. The molecule has 5 heteroatoms. The molecular weight excluding hydrogens is 312 g/mol. The molecule has 25 heavy (non-hydrogen) atoms. The average Bonchev–Trinajstić information content (AvgIpc) is 3.09. The molecule has 1 aromatic heterocycles. The zero-order valence-corrected chi connectivity index (χ0v) is 14.3. The number of rotatable bonds is 3. The third-order valence-electron chi connectivity index (χ3n) is 4.98. The van der Waals surface area contributed by atoms with Crippen molar-refractivity contribution in [3.8, 4) is 0 Å². The number of aromatic amines is 1. The van der Waals surface area contributed by atoms with Crippen LogP contribution in [0.25, 0.3) is 10.8 Å². The first kappa shape index (κ1) is 15.7. The highest BCUT2D eigenvalue weighted by atomic mass is 16.2. The van der Waals surface area contributed by atoms with Crippen molar-refractivity contribution < 1.29 is 4.79 Å². The van der Waals surface area contributed by atoms with Crippen LogP contribution in [0.1, 0.15) is 36.2 Å². The summed E-state index contributed by atoms with van der Waals surface area (Å²) in [7, 11) is 0. The van der Waals surface area contributed by atoms with E-state index in [0.29, 0.717) is 0 Å². The second-order valence-electron chi connectivity index (χ2n) is 6.76. The van der Waals surface area contributed by atoms with E-state index in [1.807, 2.05) is 25.3 Å². The van der Waals surface area contributed by atoms with E-state index in [9.17, 15) is 4.79 Å². The molecule has 2 aromatic carbocycles. The number of aryl methyl sites for hydroxylation is 1. The second kappa shape index (κ2) is 6.59. The number of aromatic nitrogens is 2. The Labute approximate surface area is 146 Å². The highest BCUT2D eigenvalue weighted by Crippen LogP contribution is 2.21. The van der Waals surface area contributed by atoms with Gasteiger partial charge in [0, 0.05) is 18.2 Å². The van der Waals surface area contributed by atoms with Gasteiger partial charge < -0.3 is 10.6 Å². The molecule has 4 rings (SSSR count). The number of benzene rings is 2. The summed E-state index contributed by atoms with van der Waals surface area (Å²) in [5.41, 5.74) is 3.51. The van der Waals surface area contributed by atoms with Crippen LogP contribution in [0, 0.1) is 0 Å². The molecule has 1 aliphatic rings. The third-order valence-corrected chi connectivity index (χ3v) is 4.98. The van der Waals surface area contributed by atoms with Crippen LogP contribution in [-0.2, 0) is 12.8 Å². The van der Waals surface area contributed by atoms with Crippen LogP contribution in [-0.4, -0.2) is 22.3 Å². The molecule has 1 aliphatic carbocycles. The number of nitrogens with one attached hydrogen (secondary N) is 3. The summed E-state index contributed by atoms with van der Waals surface area (Å²) in [6.07, 6.45) is 4.60. The van der Waals surface area contributed by atoms with Crippen LogP contribution >= 0.6 is 0 Å². The fraction of sp³-hybridized carbons (Fsp3) is 0.300. The molecular formula is C20H22N4O. The van der Waals surface area contributed by atoms with Gasteiger partial charge in [0.15, 0.2) is 0 Å². The zero-order chi connectivity index (χ0) is 17.2. The van der Waals surface area contributed by atoms with E-state index in [-0.39, 0.29) is 18.1 Å². The van der Waals surface area contributed by atoms with Gasteiger partial charge in [-0.1, -0.05) is 36.4 Å². The van der Waals surface area contributed by atoms with Gasteiger partial charge in [-0.25, -0.2) is 4.79 Å². The van der Waals surface area contributed by atoms with E-state index in [1.165, 1.54) is 16.3 Å². The van der Waals surface area contributed by atoms with Gasteiger partial charge in [0.2, 0.25) is 0 Å². The van der Waals surface area contributed by atoms with Crippen LogP contribution in [0.3, 0.4) is 0 Å². The lowest BCUT2D eigenvalue weighted by molar-refractivity contribution is 0.232. The fourth-order valence-corrected chi connectivity index (χ4v) is 3.52. The number of urea groups is 1. The maximum Gasteiger partial charge on any atom is 0.315 e. The third kappa shape index (κ3) is 3.36. The monoisotopic (exact) mass is 334 g/mol. The normalized spacial score (nSPS) is 17.7. The van der Waals surface area contributed by atoms with Crippen molar-refractivity contribution in [3.63, 3.8) is 0 Å². The van der Waals surface area contributed by atoms with Crippen molar-refractivity contribution in [1.82, 2.24) is 20.8 Å². The summed E-state index contributed by atoms with van der Waals surface area (Å²) in [4.78, 5) is 12.4. The molecule has 0 unspecified atom stereocenters. The predicted octanol–water partition coefficient (Wildman–Crippen LogP) is 3.48. The van der Waals surface area contributed by atoms with Gasteiger partial charge >= 0.3 is 6.03 Å². The first-order valence-corrected chi connectivity index (χ1v) is 8.76. The van der Waals surface area contributed by atoms with Gasteiger partial charge in [-0.05, 0) is 47.7 Å². The van der Waals surface area contributed by atoms with E-state index < -0.39 is 0 Å². The minimum absolute atomic E-state index is 0.0455. The number of hydrogen-bond donors (Lipinski definition) is 3. The Balaban J connectivity index is 1.38. The lowest BCUT2D eigenvalue weighted by Crippen LogP contribution is -2.45. The molecule has 0 bridgehead atoms. The zero-order valence-electron chi connectivity index (χ0n) is 14.3.